The molecule has 1 heterocycles. The number of rotatable bonds is 5. The summed E-state index contributed by atoms with van der Waals surface area (Å²) in [6.45, 7) is 5.01. The van der Waals surface area contributed by atoms with E-state index in [0.29, 0.717) is 38.3 Å². The molecule has 1 N–H and O–H groups in total. The van der Waals surface area contributed by atoms with Crippen LogP contribution in [-0.2, 0) is 9.59 Å². The molecule has 1 aromatic rings. The SMILES string of the molecule is CC(=O)N1CCC(C(=O)NC(C)COc2ccc(F)cc2)CC1. The molecule has 1 saturated heterocycles. The Hall–Kier alpha value is -2.11. The fraction of sp³-hybridized carbons (Fsp3) is 0.529. The molecule has 1 fully saturated rings. The molecule has 23 heavy (non-hydrogen) atoms. The second-order valence-corrected chi connectivity index (χ2v) is 5.95. The molecule has 1 unspecified atom stereocenters. The summed E-state index contributed by atoms with van der Waals surface area (Å²) < 4.78 is 18.3. The first-order valence-electron chi connectivity index (χ1n) is 7.90. The van der Waals surface area contributed by atoms with Gasteiger partial charge in [0.25, 0.3) is 0 Å². The first kappa shape index (κ1) is 17.2. The Kier molecular flexibility index (Phi) is 5.96. The summed E-state index contributed by atoms with van der Waals surface area (Å²) >= 11 is 0. The number of amides is 2. The number of nitrogens with one attached hydrogen (secondary N) is 1. The number of likely N-dealkylation sites (tertiary alicyclic amines) is 1. The number of halogens is 1. The minimum absolute atomic E-state index is 0.00316. The van der Waals surface area contributed by atoms with Crippen LogP contribution in [-0.4, -0.2) is 42.5 Å². The summed E-state index contributed by atoms with van der Waals surface area (Å²) in [4.78, 5) is 25.3. The van der Waals surface area contributed by atoms with Gasteiger partial charge in [0, 0.05) is 25.9 Å². The predicted octanol–water partition coefficient (Wildman–Crippen LogP) is 1.97. The maximum Gasteiger partial charge on any atom is 0.223 e. The van der Waals surface area contributed by atoms with Crippen molar-refractivity contribution in [3.63, 3.8) is 0 Å². The Labute approximate surface area is 135 Å². The van der Waals surface area contributed by atoms with Crippen molar-refractivity contribution in [2.24, 2.45) is 5.92 Å². The molecule has 0 radical (unpaired) electrons. The first-order chi connectivity index (χ1) is 11.0. The van der Waals surface area contributed by atoms with Gasteiger partial charge in [-0.3, -0.25) is 9.59 Å². The minimum atomic E-state index is -0.310. The third-order valence-electron chi connectivity index (χ3n) is 4.01. The molecule has 0 aliphatic carbocycles. The van der Waals surface area contributed by atoms with E-state index >= 15 is 0 Å². The lowest BCUT2D eigenvalue weighted by molar-refractivity contribution is -0.134. The largest absolute Gasteiger partial charge is 0.491 e. The summed E-state index contributed by atoms with van der Waals surface area (Å²) in [5.41, 5.74) is 0. The highest BCUT2D eigenvalue weighted by atomic mass is 19.1. The average Bonchev–Trinajstić information content (AvgIpc) is 2.54. The molecule has 1 aromatic carbocycles. The summed E-state index contributed by atoms with van der Waals surface area (Å²) in [5, 5.41) is 2.93. The lowest BCUT2D eigenvalue weighted by Gasteiger charge is -2.31. The summed E-state index contributed by atoms with van der Waals surface area (Å²) in [5.74, 6) is 0.269. The molecule has 5 nitrogen and oxygen atoms in total. The van der Waals surface area contributed by atoms with Crippen LogP contribution >= 0.6 is 0 Å². The fourth-order valence-electron chi connectivity index (χ4n) is 2.61. The Bertz CT molecular complexity index is 539. The number of hydrogen-bond acceptors (Lipinski definition) is 3. The minimum Gasteiger partial charge on any atom is -0.491 e. The first-order valence-corrected chi connectivity index (χ1v) is 7.90. The van der Waals surface area contributed by atoms with Gasteiger partial charge in [-0.25, -0.2) is 4.39 Å². The molecular weight excluding hydrogens is 299 g/mol. The standard InChI is InChI=1S/C17H23FN2O3/c1-12(11-23-16-5-3-15(18)4-6-16)19-17(22)14-7-9-20(10-8-14)13(2)21/h3-6,12,14H,7-11H2,1-2H3,(H,19,22). The average molecular weight is 322 g/mol. The van der Waals surface area contributed by atoms with E-state index < -0.39 is 0 Å². The lowest BCUT2D eigenvalue weighted by atomic mass is 9.95. The highest BCUT2D eigenvalue weighted by molar-refractivity contribution is 5.79. The third-order valence-corrected chi connectivity index (χ3v) is 4.01. The van der Waals surface area contributed by atoms with E-state index in [1.165, 1.54) is 12.1 Å². The van der Waals surface area contributed by atoms with E-state index in [1.807, 2.05) is 6.92 Å². The summed E-state index contributed by atoms with van der Waals surface area (Å²) in [6.07, 6.45) is 1.38. The van der Waals surface area contributed by atoms with Crippen molar-refractivity contribution in [2.75, 3.05) is 19.7 Å². The molecule has 0 spiro atoms. The van der Waals surface area contributed by atoms with Crippen LogP contribution in [0.15, 0.2) is 24.3 Å². The van der Waals surface area contributed by atoms with Crippen LogP contribution in [0.2, 0.25) is 0 Å². The Morgan fingerprint density at radius 2 is 1.91 bits per heavy atom. The van der Waals surface area contributed by atoms with Crippen molar-refractivity contribution >= 4 is 11.8 Å². The molecule has 1 atom stereocenters. The number of carbonyl (C=O) groups is 2. The van der Waals surface area contributed by atoms with Crippen LogP contribution in [0.4, 0.5) is 4.39 Å². The van der Waals surface area contributed by atoms with Crippen molar-refractivity contribution in [2.45, 2.75) is 32.7 Å². The number of ether oxygens (including phenoxy) is 1. The maximum atomic E-state index is 12.8. The van der Waals surface area contributed by atoms with Crippen LogP contribution in [0.1, 0.15) is 26.7 Å². The van der Waals surface area contributed by atoms with Gasteiger partial charge in [-0.1, -0.05) is 0 Å². The molecular formula is C17H23FN2O3. The molecule has 2 amide bonds. The topological polar surface area (TPSA) is 58.6 Å². The Morgan fingerprint density at radius 3 is 2.48 bits per heavy atom. The van der Waals surface area contributed by atoms with Gasteiger partial charge in [0.05, 0.1) is 6.04 Å². The zero-order valence-electron chi connectivity index (χ0n) is 13.5. The third kappa shape index (κ3) is 5.23. The predicted molar refractivity (Wildman–Crippen MR) is 84.5 cm³/mol. The Balaban J connectivity index is 1.72. The number of hydrogen-bond donors (Lipinski definition) is 1. The van der Waals surface area contributed by atoms with Crippen LogP contribution in [0.5, 0.6) is 5.75 Å². The number of carbonyl (C=O) groups excluding carboxylic acids is 2. The maximum absolute atomic E-state index is 12.8. The van der Waals surface area contributed by atoms with Gasteiger partial charge < -0.3 is 15.0 Å². The zero-order valence-corrected chi connectivity index (χ0v) is 13.5. The molecule has 126 valence electrons. The molecule has 1 aliphatic rings. The Morgan fingerprint density at radius 1 is 1.30 bits per heavy atom. The number of benzene rings is 1. The van der Waals surface area contributed by atoms with E-state index in [9.17, 15) is 14.0 Å². The molecule has 0 bridgehead atoms. The highest BCUT2D eigenvalue weighted by Crippen LogP contribution is 2.17. The second kappa shape index (κ2) is 7.94. The van der Waals surface area contributed by atoms with Crippen LogP contribution in [0, 0.1) is 11.7 Å². The van der Waals surface area contributed by atoms with Gasteiger partial charge in [0.15, 0.2) is 0 Å². The smallest absolute Gasteiger partial charge is 0.223 e. The highest BCUT2D eigenvalue weighted by Gasteiger charge is 2.26. The van der Waals surface area contributed by atoms with Crippen molar-refractivity contribution in [3.8, 4) is 5.75 Å². The van der Waals surface area contributed by atoms with E-state index in [1.54, 1.807) is 24.0 Å². The van der Waals surface area contributed by atoms with Gasteiger partial charge in [-0.2, -0.15) is 0 Å². The van der Waals surface area contributed by atoms with Crippen molar-refractivity contribution < 1.29 is 18.7 Å². The molecule has 0 aromatic heterocycles. The normalized spacial score (nSPS) is 16.7. The lowest BCUT2D eigenvalue weighted by Crippen LogP contribution is -2.45. The molecule has 6 heteroatoms. The van der Waals surface area contributed by atoms with Gasteiger partial charge in [0.1, 0.15) is 18.2 Å². The van der Waals surface area contributed by atoms with E-state index in [0.717, 1.165) is 0 Å². The van der Waals surface area contributed by atoms with Crippen molar-refractivity contribution in [3.05, 3.63) is 30.1 Å². The van der Waals surface area contributed by atoms with Gasteiger partial charge >= 0.3 is 0 Å². The number of piperidine rings is 1. The summed E-state index contributed by atoms with van der Waals surface area (Å²) in [7, 11) is 0. The van der Waals surface area contributed by atoms with E-state index in [-0.39, 0.29) is 29.6 Å². The van der Waals surface area contributed by atoms with E-state index in [4.69, 9.17) is 4.74 Å². The molecule has 2 rings (SSSR count). The quantitative estimate of drug-likeness (QED) is 0.902. The summed E-state index contributed by atoms with van der Waals surface area (Å²) in [6, 6.07) is 5.64. The fourth-order valence-corrected chi connectivity index (χ4v) is 2.61. The van der Waals surface area contributed by atoms with Crippen LogP contribution in [0.25, 0.3) is 0 Å². The van der Waals surface area contributed by atoms with Crippen LogP contribution in [0.3, 0.4) is 0 Å². The van der Waals surface area contributed by atoms with Gasteiger partial charge in [-0.05, 0) is 44.0 Å². The zero-order chi connectivity index (χ0) is 16.8. The van der Waals surface area contributed by atoms with Crippen molar-refractivity contribution in [1.29, 1.82) is 0 Å². The van der Waals surface area contributed by atoms with Gasteiger partial charge in [-0.15, -0.1) is 0 Å². The van der Waals surface area contributed by atoms with Gasteiger partial charge in [0.2, 0.25) is 11.8 Å². The molecule has 0 saturated carbocycles. The monoisotopic (exact) mass is 322 g/mol. The van der Waals surface area contributed by atoms with Crippen LogP contribution < -0.4 is 10.1 Å². The number of nitrogens with zero attached hydrogens (tertiary/aromatic N) is 1. The van der Waals surface area contributed by atoms with Crippen molar-refractivity contribution in [1.82, 2.24) is 10.2 Å². The molecule has 1 aliphatic heterocycles. The second-order valence-electron chi connectivity index (χ2n) is 5.95. The van der Waals surface area contributed by atoms with E-state index in [2.05, 4.69) is 5.32 Å².